The summed E-state index contributed by atoms with van der Waals surface area (Å²) in [5, 5.41) is 2.59. The Morgan fingerprint density at radius 2 is 1.75 bits per heavy atom. The van der Waals surface area contributed by atoms with Gasteiger partial charge in [-0.3, -0.25) is 0 Å². The summed E-state index contributed by atoms with van der Waals surface area (Å²) < 4.78 is 63.7. The van der Waals surface area contributed by atoms with Gasteiger partial charge in [0.15, 0.2) is 0 Å². The lowest BCUT2D eigenvalue weighted by molar-refractivity contribution is -0.139. The summed E-state index contributed by atoms with van der Waals surface area (Å²) in [5.74, 6) is -0.276. The first kappa shape index (κ1) is 29.2. The van der Waals surface area contributed by atoms with Crippen LogP contribution in [-0.4, -0.2) is 32.1 Å². The van der Waals surface area contributed by atoms with Gasteiger partial charge in [-0.05, 0) is 50.5 Å². The fraction of sp³-hybridized carbons (Fsp3) is 0.444. The van der Waals surface area contributed by atoms with Crippen LogP contribution in [0.5, 0.6) is 5.75 Å². The van der Waals surface area contributed by atoms with E-state index in [0.29, 0.717) is 6.42 Å². The third kappa shape index (κ3) is 8.87. The maximum atomic E-state index is 14.0. The summed E-state index contributed by atoms with van der Waals surface area (Å²) >= 11 is 0. The molecule has 1 atom stereocenters. The molecule has 1 unspecified atom stereocenters. The summed E-state index contributed by atoms with van der Waals surface area (Å²) in [7, 11) is 1.43. The minimum absolute atomic E-state index is 0.00139. The minimum Gasteiger partial charge on any atom is -0.488 e. The van der Waals surface area contributed by atoms with E-state index in [1.807, 2.05) is 6.07 Å². The largest absolute Gasteiger partial charge is 0.488 e. The lowest BCUT2D eigenvalue weighted by Gasteiger charge is -2.31. The Balaban J connectivity index is 2.32. The Labute approximate surface area is 210 Å². The molecule has 6 nitrogen and oxygen atoms in total. The van der Waals surface area contributed by atoms with Crippen LogP contribution in [0.25, 0.3) is 0 Å². The SMILES string of the molecule is CCC(/C=C/CNC(=O)OC(C)(C)C)(OCOC)c1ccc(OCc2ccccc2)c(C(F)(F)F)c1. The van der Waals surface area contributed by atoms with E-state index < -0.39 is 29.0 Å². The lowest BCUT2D eigenvalue weighted by atomic mass is 9.88. The van der Waals surface area contributed by atoms with Gasteiger partial charge in [0.05, 0.1) is 5.56 Å². The molecule has 0 aliphatic carbocycles. The van der Waals surface area contributed by atoms with Crippen molar-refractivity contribution in [3.63, 3.8) is 0 Å². The summed E-state index contributed by atoms with van der Waals surface area (Å²) in [6.07, 6.45) is -1.73. The van der Waals surface area contributed by atoms with Crippen LogP contribution >= 0.6 is 0 Å². The van der Waals surface area contributed by atoms with Crippen molar-refractivity contribution in [2.24, 2.45) is 0 Å². The summed E-state index contributed by atoms with van der Waals surface area (Å²) in [6, 6.07) is 12.8. The van der Waals surface area contributed by atoms with Crippen molar-refractivity contribution in [1.29, 1.82) is 0 Å². The zero-order valence-electron chi connectivity index (χ0n) is 21.3. The highest BCUT2D eigenvalue weighted by molar-refractivity contribution is 5.67. The first-order valence-electron chi connectivity index (χ1n) is 11.6. The monoisotopic (exact) mass is 509 g/mol. The quantitative estimate of drug-likeness (QED) is 0.273. The number of nitrogens with one attached hydrogen (secondary N) is 1. The van der Waals surface area contributed by atoms with Crippen molar-refractivity contribution in [2.75, 3.05) is 20.4 Å². The smallest absolute Gasteiger partial charge is 0.419 e. The van der Waals surface area contributed by atoms with Crippen LogP contribution in [-0.2, 0) is 32.6 Å². The van der Waals surface area contributed by atoms with Gasteiger partial charge in [0.2, 0.25) is 0 Å². The average Bonchev–Trinajstić information content (AvgIpc) is 2.81. The number of hydrogen-bond donors (Lipinski definition) is 1. The first-order valence-corrected chi connectivity index (χ1v) is 11.6. The number of rotatable bonds is 11. The molecule has 0 aliphatic rings. The highest BCUT2D eigenvalue weighted by Crippen LogP contribution is 2.41. The highest BCUT2D eigenvalue weighted by atomic mass is 19.4. The molecule has 2 aromatic rings. The van der Waals surface area contributed by atoms with E-state index in [2.05, 4.69) is 5.32 Å². The van der Waals surface area contributed by atoms with Gasteiger partial charge < -0.3 is 24.3 Å². The van der Waals surface area contributed by atoms with Gasteiger partial charge in [-0.1, -0.05) is 55.5 Å². The molecule has 1 amide bonds. The Kier molecular flexibility index (Phi) is 10.4. The van der Waals surface area contributed by atoms with Crippen molar-refractivity contribution in [3.8, 4) is 5.75 Å². The molecule has 0 heterocycles. The van der Waals surface area contributed by atoms with E-state index >= 15 is 0 Å². The van der Waals surface area contributed by atoms with Crippen LogP contribution in [0.2, 0.25) is 0 Å². The number of hydrogen-bond acceptors (Lipinski definition) is 5. The summed E-state index contributed by atoms with van der Waals surface area (Å²) in [6.45, 7) is 6.97. The zero-order chi connectivity index (χ0) is 26.8. The van der Waals surface area contributed by atoms with Gasteiger partial charge >= 0.3 is 12.3 Å². The van der Waals surface area contributed by atoms with E-state index in [4.69, 9.17) is 18.9 Å². The number of benzene rings is 2. The molecule has 2 aromatic carbocycles. The average molecular weight is 510 g/mol. The second kappa shape index (κ2) is 12.8. The van der Waals surface area contributed by atoms with Crippen molar-refractivity contribution < 1.29 is 36.9 Å². The second-order valence-corrected chi connectivity index (χ2v) is 9.06. The van der Waals surface area contributed by atoms with E-state index in [0.717, 1.165) is 11.6 Å². The van der Waals surface area contributed by atoms with E-state index in [-0.39, 0.29) is 31.3 Å². The zero-order valence-corrected chi connectivity index (χ0v) is 21.3. The molecule has 0 radical (unpaired) electrons. The van der Waals surface area contributed by atoms with E-state index in [1.165, 1.54) is 13.2 Å². The Bertz CT molecular complexity index is 1000. The van der Waals surface area contributed by atoms with Gasteiger partial charge in [0.1, 0.15) is 30.4 Å². The van der Waals surface area contributed by atoms with Crippen LogP contribution < -0.4 is 10.1 Å². The summed E-state index contributed by atoms with van der Waals surface area (Å²) in [5.41, 5.74) is -1.77. The number of alkyl halides is 3. The maximum Gasteiger partial charge on any atom is 0.419 e. The third-order valence-corrected chi connectivity index (χ3v) is 5.12. The molecule has 1 N–H and O–H groups in total. The van der Waals surface area contributed by atoms with Crippen molar-refractivity contribution >= 4 is 6.09 Å². The number of methoxy groups -OCH3 is 1. The molecule has 198 valence electrons. The molecule has 0 spiro atoms. The molecule has 0 fully saturated rings. The number of ether oxygens (including phenoxy) is 4. The summed E-state index contributed by atoms with van der Waals surface area (Å²) in [4.78, 5) is 11.9. The van der Waals surface area contributed by atoms with Crippen LogP contribution in [0, 0.1) is 0 Å². The number of carbonyl (C=O) groups is 1. The normalized spacial score (nSPS) is 13.9. The fourth-order valence-corrected chi connectivity index (χ4v) is 3.40. The molecule has 0 aromatic heterocycles. The van der Waals surface area contributed by atoms with Gasteiger partial charge in [-0.25, -0.2) is 4.79 Å². The van der Waals surface area contributed by atoms with Gasteiger partial charge in [0, 0.05) is 13.7 Å². The first-order chi connectivity index (χ1) is 16.9. The molecular formula is C27H34F3NO5. The third-order valence-electron chi connectivity index (χ3n) is 5.12. The van der Waals surface area contributed by atoms with E-state index in [9.17, 15) is 18.0 Å². The fourth-order valence-electron chi connectivity index (χ4n) is 3.40. The molecule has 0 bridgehead atoms. The van der Waals surface area contributed by atoms with Crippen LogP contribution in [0.1, 0.15) is 50.8 Å². The van der Waals surface area contributed by atoms with E-state index in [1.54, 1.807) is 70.2 Å². The Morgan fingerprint density at radius 3 is 2.33 bits per heavy atom. The standard InChI is InChI=1S/C27H34F3NO5/c1-6-26(35-19-33-5,15-10-16-31-24(32)36-25(2,3)4)21-13-14-23(22(17-21)27(28,29)30)34-18-20-11-8-7-9-12-20/h7-15,17H,6,16,18-19H2,1-5H3,(H,31,32)/b15-10+. The highest BCUT2D eigenvalue weighted by Gasteiger charge is 2.38. The lowest BCUT2D eigenvalue weighted by Crippen LogP contribution is -2.33. The van der Waals surface area contributed by atoms with Gasteiger partial charge in [-0.2, -0.15) is 13.2 Å². The molecule has 2 rings (SSSR count). The Morgan fingerprint density at radius 1 is 1.06 bits per heavy atom. The number of amides is 1. The Hall–Kier alpha value is -3.04. The molecule has 0 saturated carbocycles. The van der Waals surface area contributed by atoms with Gasteiger partial charge in [-0.15, -0.1) is 0 Å². The maximum absolute atomic E-state index is 14.0. The van der Waals surface area contributed by atoms with Crippen molar-refractivity contribution in [2.45, 2.75) is 58.1 Å². The number of alkyl carbamates (subject to hydrolysis) is 1. The number of carbonyl (C=O) groups excluding carboxylic acids is 1. The molecule has 0 aliphatic heterocycles. The molecular weight excluding hydrogens is 475 g/mol. The van der Waals surface area contributed by atoms with Crippen molar-refractivity contribution in [1.82, 2.24) is 5.32 Å². The minimum atomic E-state index is -4.65. The van der Waals surface area contributed by atoms with Crippen molar-refractivity contribution in [3.05, 3.63) is 77.4 Å². The second-order valence-electron chi connectivity index (χ2n) is 9.06. The van der Waals surface area contributed by atoms with Crippen LogP contribution in [0.4, 0.5) is 18.0 Å². The molecule has 36 heavy (non-hydrogen) atoms. The predicted octanol–water partition coefficient (Wildman–Crippen LogP) is 6.59. The topological polar surface area (TPSA) is 66.0 Å². The van der Waals surface area contributed by atoms with Crippen LogP contribution in [0.15, 0.2) is 60.7 Å². The van der Waals surface area contributed by atoms with Crippen LogP contribution in [0.3, 0.4) is 0 Å². The van der Waals surface area contributed by atoms with Gasteiger partial charge in [0.25, 0.3) is 0 Å². The molecule has 9 heteroatoms. The predicted molar refractivity (Wildman–Crippen MR) is 131 cm³/mol. The molecule has 0 saturated heterocycles. The number of halogens is 3.